The molecule has 3 rings (SSSR count). The van der Waals surface area contributed by atoms with E-state index in [2.05, 4.69) is 0 Å². The molecule has 0 aromatic heterocycles. The number of rotatable bonds is 8. The Hall–Kier alpha value is -3.14. The van der Waals surface area contributed by atoms with Gasteiger partial charge in [-0.1, -0.05) is 60.7 Å². The number of ether oxygens (including phenoxy) is 2. The number of nitrogens with one attached hydrogen (secondary N) is 1. The number of alkyl halides is 4. The molecule has 32 heavy (non-hydrogen) atoms. The van der Waals surface area contributed by atoms with Gasteiger partial charge in [-0.25, -0.2) is 18.9 Å². The van der Waals surface area contributed by atoms with Crippen molar-refractivity contribution >= 4 is 12.1 Å². The third kappa shape index (κ3) is 5.97. The summed E-state index contributed by atoms with van der Waals surface area (Å²) in [6, 6.07) is 9.84. The largest absolute Gasteiger partial charge is 0.460 e. The molecule has 1 heterocycles. The van der Waals surface area contributed by atoms with Gasteiger partial charge in [0.2, 0.25) is 0 Å². The zero-order chi connectivity index (χ0) is 23.2. The number of hydrogen-bond donors (Lipinski definition) is 1. The lowest BCUT2D eigenvalue weighted by Crippen LogP contribution is -2.61. The molecule has 1 aliphatic rings. The van der Waals surface area contributed by atoms with E-state index in [-0.39, 0.29) is 13.2 Å². The lowest BCUT2D eigenvalue weighted by molar-refractivity contribution is -0.171. The van der Waals surface area contributed by atoms with Crippen LogP contribution in [0.25, 0.3) is 0 Å². The molecule has 0 saturated carbocycles. The summed E-state index contributed by atoms with van der Waals surface area (Å²) in [6.45, 7) is -2.02. The fourth-order valence-corrected chi connectivity index (χ4v) is 3.30. The fraction of sp³-hybridized carbons (Fsp3) is 0.364. The van der Waals surface area contributed by atoms with E-state index >= 15 is 0 Å². The molecule has 10 heteroatoms. The molecule has 1 amide bonds. The minimum atomic E-state index is -4.27. The van der Waals surface area contributed by atoms with Crippen LogP contribution in [-0.4, -0.2) is 48.1 Å². The van der Waals surface area contributed by atoms with E-state index in [1.165, 1.54) is 5.32 Å². The normalized spacial score (nSPS) is 17.8. The summed E-state index contributed by atoms with van der Waals surface area (Å²) in [5, 5.41) is 1.51. The third-order valence-corrected chi connectivity index (χ3v) is 4.89. The van der Waals surface area contributed by atoms with Crippen molar-refractivity contribution in [2.24, 2.45) is 0 Å². The molecule has 172 valence electrons. The minimum absolute atomic E-state index is 0.148. The Morgan fingerprint density at radius 3 is 2.06 bits per heavy atom. The maximum absolute atomic E-state index is 14.7. The molecule has 0 radical (unpaired) electrons. The van der Waals surface area contributed by atoms with E-state index < -0.39 is 49.6 Å². The first kappa shape index (κ1) is 23.5. The Kier molecular flexibility index (Phi) is 7.34. The number of amides is 1. The van der Waals surface area contributed by atoms with Crippen molar-refractivity contribution in [1.29, 1.82) is 0 Å². The Balaban J connectivity index is 1.58. The van der Waals surface area contributed by atoms with Crippen LogP contribution < -0.4 is 5.32 Å². The Morgan fingerprint density at radius 2 is 1.50 bits per heavy atom. The van der Waals surface area contributed by atoms with Gasteiger partial charge in [0, 0.05) is 13.0 Å². The summed E-state index contributed by atoms with van der Waals surface area (Å²) in [5.41, 5.74) is 1.22. The highest BCUT2D eigenvalue weighted by molar-refractivity contribution is 5.72. The smallest absolute Gasteiger partial charge is 0.410 e. The van der Waals surface area contributed by atoms with Crippen molar-refractivity contribution in [1.82, 2.24) is 10.2 Å². The van der Waals surface area contributed by atoms with Crippen LogP contribution in [0, 0.1) is 0 Å². The predicted octanol–water partition coefficient (Wildman–Crippen LogP) is 3.96. The van der Waals surface area contributed by atoms with E-state index in [0.717, 1.165) is 0 Å². The van der Waals surface area contributed by atoms with Gasteiger partial charge in [0.25, 0.3) is 5.92 Å². The molecule has 1 saturated heterocycles. The number of benzene rings is 2. The van der Waals surface area contributed by atoms with Crippen molar-refractivity contribution in [3.63, 3.8) is 0 Å². The van der Waals surface area contributed by atoms with Crippen LogP contribution in [-0.2, 0) is 27.5 Å². The number of likely N-dealkylation sites (tertiary alicyclic amines) is 1. The summed E-state index contributed by atoms with van der Waals surface area (Å²) in [5.74, 6) is -4.93. The molecule has 1 fully saturated rings. The van der Waals surface area contributed by atoms with Crippen molar-refractivity contribution in [2.45, 2.75) is 37.6 Å². The number of esters is 1. The molecule has 1 N–H and O–H groups in total. The van der Waals surface area contributed by atoms with Gasteiger partial charge in [0.1, 0.15) is 13.2 Å². The van der Waals surface area contributed by atoms with Crippen LogP contribution in [0.4, 0.5) is 22.4 Å². The monoisotopic (exact) mass is 454 g/mol. The first-order valence-corrected chi connectivity index (χ1v) is 9.86. The van der Waals surface area contributed by atoms with Crippen LogP contribution in [0.5, 0.6) is 0 Å². The first-order valence-electron chi connectivity index (χ1n) is 9.86. The van der Waals surface area contributed by atoms with E-state index in [1.54, 1.807) is 60.7 Å². The highest BCUT2D eigenvalue weighted by Gasteiger charge is 2.63. The number of halogens is 4. The highest BCUT2D eigenvalue weighted by atomic mass is 19.3. The van der Waals surface area contributed by atoms with Gasteiger partial charge in [-0.2, -0.15) is 8.78 Å². The first-order chi connectivity index (χ1) is 15.2. The van der Waals surface area contributed by atoms with Gasteiger partial charge in [-0.15, -0.1) is 0 Å². The van der Waals surface area contributed by atoms with E-state index in [0.29, 0.717) is 16.0 Å². The maximum atomic E-state index is 14.7. The molecule has 1 atom stereocenters. The van der Waals surface area contributed by atoms with Crippen LogP contribution in [0.15, 0.2) is 60.7 Å². The molecule has 1 aliphatic heterocycles. The molecular weight excluding hydrogens is 432 g/mol. The van der Waals surface area contributed by atoms with Crippen LogP contribution in [0.3, 0.4) is 0 Å². The molecule has 0 aliphatic carbocycles. The summed E-state index contributed by atoms with van der Waals surface area (Å²) in [6.07, 6.45) is -2.24. The maximum Gasteiger partial charge on any atom is 0.410 e. The third-order valence-electron chi connectivity index (χ3n) is 4.89. The Labute approximate surface area is 182 Å². The molecule has 6 nitrogen and oxygen atoms in total. The SMILES string of the molecule is O=C(CNC(F)(F)C1N(C(=O)OCc2ccccc2)CCC1(F)F)OCc1ccccc1. The number of hydrogen-bond acceptors (Lipinski definition) is 5. The summed E-state index contributed by atoms with van der Waals surface area (Å²) >= 11 is 0. The van der Waals surface area contributed by atoms with Crippen molar-refractivity contribution in [3.8, 4) is 0 Å². The molecule has 2 aromatic rings. The van der Waals surface area contributed by atoms with Gasteiger partial charge < -0.3 is 9.47 Å². The molecule has 0 bridgehead atoms. The standard InChI is InChI=1S/C22H22F4N2O4/c23-21(24)11-12-28(20(30)32-15-17-9-5-2-6-10-17)19(21)22(25,26)27-13-18(29)31-14-16-7-3-1-4-8-16/h1-10,19,27H,11-15H2. The predicted molar refractivity (Wildman–Crippen MR) is 106 cm³/mol. The lowest BCUT2D eigenvalue weighted by Gasteiger charge is -2.33. The number of carbonyl (C=O) groups excluding carboxylic acids is 2. The average Bonchev–Trinajstić information content (AvgIpc) is 3.12. The van der Waals surface area contributed by atoms with Crippen molar-refractivity contribution in [3.05, 3.63) is 71.8 Å². The van der Waals surface area contributed by atoms with Crippen LogP contribution in [0.1, 0.15) is 17.5 Å². The van der Waals surface area contributed by atoms with Crippen molar-refractivity contribution < 1.29 is 36.6 Å². The van der Waals surface area contributed by atoms with Crippen molar-refractivity contribution in [2.75, 3.05) is 13.1 Å². The molecule has 2 aromatic carbocycles. The minimum Gasteiger partial charge on any atom is -0.460 e. The zero-order valence-corrected chi connectivity index (χ0v) is 17.0. The summed E-state index contributed by atoms with van der Waals surface area (Å²) in [7, 11) is 0. The molecule has 0 spiro atoms. The van der Waals surface area contributed by atoms with Gasteiger partial charge in [0.05, 0.1) is 6.54 Å². The van der Waals surface area contributed by atoms with Crippen LogP contribution in [0.2, 0.25) is 0 Å². The number of nitrogens with zero attached hydrogens (tertiary/aromatic N) is 1. The van der Waals surface area contributed by atoms with E-state index in [9.17, 15) is 27.2 Å². The van der Waals surface area contributed by atoms with Gasteiger partial charge >= 0.3 is 18.1 Å². The highest BCUT2D eigenvalue weighted by Crippen LogP contribution is 2.41. The fourth-order valence-electron chi connectivity index (χ4n) is 3.30. The van der Waals surface area contributed by atoms with Gasteiger partial charge in [-0.05, 0) is 11.1 Å². The van der Waals surface area contributed by atoms with Gasteiger partial charge in [-0.3, -0.25) is 9.69 Å². The van der Waals surface area contributed by atoms with E-state index in [4.69, 9.17) is 9.47 Å². The van der Waals surface area contributed by atoms with Crippen LogP contribution >= 0.6 is 0 Å². The zero-order valence-electron chi connectivity index (χ0n) is 17.0. The Morgan fingerprint density at radius 1 is 0.969 bits per heavy atom. The lowest BCUT2D eigenvalue weighted by atomic mass is 10.1. The second kappa shape index (κ2) is 9.99. The van der Waals surface area contributed by atoms with Gasteiger partial charge in [0.15, 0.2) is 6.04 Å². The summed E-state index contributed by atoms with van der Waals surface area (Å²) < 4.78 is 67.7. The second-order valence-corrected chi connectivity index (χ2v) is 7.27. The Bertz CT molecular complexity index is 913. The summed E-state index contributed by atoms with van der Waals surface area (Å²) in [4.78, 5) is 24.4. The second-order valence-electron chi connectivity index (χ2n) is 7.27. The van der Waals surface area contributed by atoms with E-state index in [1.807, 2.05) is 0 Å². The average molecular weight is 454 g/mol. The number of carbonyl (C=O) groups is 2. The quantitative estimate of drug-likeness (QED) is 0.372. The topological polar surface area (TPSA) is 67.9 Å². The molecular formula is C22H22F4N2O4. The molecule has 1 unspecified atom stereocenters.